The number of para-hydroxylation sites is 1. The Morgan fingerprint density at radius 2 is 1.94 bits per heavy atom. The third-order valence-electron chi connectivity index (χ3n) is 3.65. The van der Waals surface area contributed by atoms with Gasteiger partial charge in [0.1, 0.15) is 0 Å². The van der Waals surface area contributed by atoms with Gasteiger partial charge in [-0.15, -0.1) is 0 Å². The van der Waals surface area contributed by atoms with Crippen LogP contribution in [0.15, 0.2) is 24.3 Å². The molecule has 1 aliphatic rings. The van der Waals surface area contributed by atoms with Crippen LogP contribution in [-0.2, 0) is 4.79 Å². The van der Waals surface area contributed by atoms with Gasteiger partial charge in [-0.3, -0.25) is 4.79 Å². The van der Waals surface area contributed by atoms with Crippen LogP contribution in [0, 0.1) is 12.3 Å². The molecular formula is C14H20N2O. The number of rotatable bonds is 2. The van der Waals surface area contributed by atoms with Crippen LogP contribution in [0.1, 0.15) is 25.3 Å². The molecular weight excluding hydrogens is 212 g/mol. The zero-order valence-corrected chi connectivity index (χ0v) is 10.5. The monoisotopic (exact) mass is 232 g/mol. The van der Waals surface area contributed by atoms with Crippen molar-refractivity contribution in [2.45, 2.75) is 26.7 Å². The van der Waals surface area contributed by atoms with E-state index in [1.54, 1.807) is 0 Å². The highest BCUT2D eigenvalue weighted by Crippen LogP contribution is 2.30. The standard InChI is InChI=1S/C14H20N2O/c1-11-5-3-4-6-12(11)16-13(17)14(2)7-9-15-10-8-14/h3-6,15H,7-10H2,1-2H3,(H,16,17). The summed E-state index contributed by atoms with van der Waals surface area (Å²) in [4.78, 5) is 12.3. The maximum atomic E-state index is 12.3. The first-order chi connectivity index (χ1) is 8.12. The van der Waals surface area contributed by atoms with Crippen LogP contribution in [0.2, 0.25) is 0 Å². The van der Waals surface area contributed by atoms with Crippen LogP contribution in [0.4, 0.5) is 5.69 Å². The summed E-state index contributed by atoms with van der Waals surface area (Å²) in [6.07, 6.45) is 1.81. The molecule has 0 atom stereocenters. The first-order valence-electron chi connectivity index (χ1n) is 6.20. The number of anilines is 1. The van der Waals surface area contributed by atoms with Gasteiger partial charge in [-0.2, -0.15) is 0 Å². The predicted octanol–water partition coefficient (Wildman–Crippen LogP) is 2.32. The molecule has 1 aromatic carbocycles. The predicted molar refractivity (Wildman–Crippen MR) is 70.0 cm³/mol. The highest BCUT2D eigenvalue weighted by molar-refractivity contribution is 5.95. The Morgan fingerprint density at radius 1 is 1.29 bits per heavy atom. The number of aryl methyl sites for hydroxylation is 1. The molecule has 1 aliphatic heterocycles. The van der Waals surface area contributed by atoms with Crippen molar-refractivity contribution >= 4 is 11.6 Å². The molecule has 1 saturated heterocycles. The molecule has 1 fully saturated rings. The smallest absolute Gasteiger partial charge is 0.230 e. The van der Waals surface area contributed by atoms with Crippen LogP contribution in [0.25, 0.3) is 0 Å². The molecule has 0 bridgehead atoms. The lowest BCUT2D eigenvalue weighted by Crippen LogP contribution is -2.42. The maximum absolute atomic E-state index is 12.3. The quantitative estimate of drug-likeness (QED) is 0.821. The Bertz CT molecular complexity index is 408. The Labute approximate surface area is 103 Å². The second kappa shape index (κ2) is 4.88. The number of hydrogen-bond donors (Lipinski definition) is 2. The van der Waals surface area contributed by atoms with E-state index in [9.17, 15) is 4.79 Å². The third-order valence-corrected chi connectivity index (χ3v) is 3.65. The van der Waals surface area contributed by atoms with E-state index in [-0.39, 0.29) is 11.3 Å². The van der Waals surface area contributed by atoms with E-state index in [1.807, 2.05) is 31.2 Å². The summed E-state index contributed by atoms with van der Waals surface area (Å²) >= 11 is 0. The molecule has 3 nitrogen and oxygen atoms in total. The van der Waals surface area contributed by atoms with Crippen molar-refractivity contribution in [2.24, 2.45) is 5.41 Å². The van der Waals surface area contributed by atoms with Gasteiger partial charge >= 0.3 is 0 Å². The second-order valence-electron chi connectivity index (χ2n) is 5.08. The topological polar surface area (TPSA) is 41.1 Å². The number of piperidine rings is 1. The van der Waals surface area contributed by atoms with Crippen molar-refractivity contribution in [3.63, 3.8) is 0 Å². The van der Waals surface area contributed by atoms with Gasteiger partial charge < -0.3 is 10.6 Å². The van der Waals surface area contributed by atoms with Gasteiger partial charge in [0.15, 0.2) is 0 Å². The summed E-state index contributed by atoms with van der Waals surface area (Å²) in [7, 11) is 0. The summed E-state index contributed by atoms with van der Waals surface area (Å²) in [5, 5.41) is 6.34. The summed E-state index contributed by atoms with van der Waals surface area (Å²) < 4.78 is 0. The fraction of sp³-hybridized carbons (Fsp3) is 0.500. The molecule has 0 radical (unpaired) electrons. The van der Waals surface area contributed by atoms with E-state index < -0.39 is 0 Å². The highest BCUT2D eigenvalue weighted by Gasteiger charge is 2.34. The molecule has 1 amide bonds. The fourth-order valence-electron chi connectivity index (χ4n) is 2.19. The summed E-state index contributed by atoms with van der Waals surface area (Å²) in [5.41, 5.74) is 1.81. The number of benzene rings is 1. The minimum Gasteiger partial charge on any atom is -0.325 e. The lowest BCUT2D eigenvalue weighted by atomic mass is 9.80. The van der Waals surface area contributed by atoms with E-state index in [2.05, 4.69) is 17.6 Å². The molecule has 0 saturated carbocycles. The van der Waals surface area contributed by atoms with Crippen LogP contribution in [0.3, 0.4) is 0 Å². The van der Waals surface area contributed by atoms with Crippen LogP contribution < -0.4 is 10.6 Å². The van der Waals surface area contributed by atoms with Crippen molar-refractivity contribution in [1.82, 2.24) is 5.32 Å². The maximum Gasteiger partial charge on any atom is 0.230 e. The molecule has 92 valence electrons. The molecule has 1 aromatic rings. The van der Waals surface area contributed by atoms with Crippen molar-refractivity contribution in [1.29, 1.82) is 0 Å². The first-order valence-corrected chi connectivity index (χ1v) is 6.20. The Kier molecular flexibility index (Phi) is 3.48. The Hall–Kier alpha value is -1.35. The van der Waals surface area contributed by atoms with Gasteiger partial charge in [0, 0.05) is 11.1 Å². The molecule has 3 heteroatoms. The Morgan fingerprint density at radius 3 is 2.59 bits per heavy atom. The minimum absolute atomic E-state index is 0.147. The van der Waals surface area contributed by atoms with Gasteiger partial charge in [0.2, 0.25) is 5.91 Å². The SMILES string of the molecule is Cc1ccccc1NC(=O)C1(C)CCNCC1. The van der Waals surface area contributed by atoms with Crippen LogP contribution in [-0.4, -0.2) is 19.0 Å². The van der Waals surface area contributed by atoms with E-state index >= 15 is 0 Å². The first kappa shape index (κ1) is 12.1. The molecule has 0 spiro atoms. The fourth-order valence-corrected chi connectivity index (χ4v) is 2.19. The number of carbonyl (C=O) groups excluding carboxylic acids is 1. The van der Waals surface area contributed by atoms with Crippen molar-refractivity contribution in [2.75, 3.05) is 18.4 Å². The summed E-state index contributed by atoms with van der Waals surface area (Å²) in [5.74, 6) is 0.147. The van der Waals surface area contributed by atoms with E-state index in [4.69, 9.17) is 0 Å². The minimum atomic E-state index is -0.229. The number of nitrogens with one attached hydrogen (secondary N) is 2. The second-order valence-corrected chi connectivity index (χ2v) is 5.08. The van der Waals surface area contributed by atoms with Crippen LogP contribution in [0.5, 0.6) is 0 Å². The molecule has 0 aromatic heterocycles. The molecule has 2 rings (SSSR count). The largest absolute Gasteiger partial charge is 0.325 e. The van der Waals surface area contributed by atoms with Gasteiger partial charge in [0.05, 0.1) is 0 Å². The van der Waals surface area contributed by atoms with E-state index in [0.29, 0.717) is 0 Å². The van der Waals surface area contributed by atoms with Gasteiger partial charge in [0.25, 0.3) is 0 Å². The molecule has 1 heterocycles. The normalized spacial score (nSPS) is 18.7. The lowest BCUT2D eigenvalue weighted by Gasteiger charge is -2.32. The van der Waals surface area contributed by atoms with Gasteiger partial charge in [-0.1, -0.05) is 25.1 Å². The molecule has 17 heavy (non-hydrogen) atoms. The lowest BCUT2D eigenvalue weighted by molar-refractivity contribution is -0.126. The number of amides is 1. The third kappa shape index (κ3) is 2.67. The zero-order valence-electron chi connectivity index (χ0n) is 10.5. The van der Waals surface area contributed by atoms with Crippen LogP contribution >= 0.6 is 0 Å². The molecule has 0 unspecified atom stereocenters. The van der Waals surface area contributed by atoms with Crippen molar-refractivity contribution in [3.05, 3.63) is 29.8 Å². The highest BCUT2D eigenvalue weighted by atomic mass is 16.2. The van der Waals surface area contributed by atoms with Gasteiger partial charge in [-0.05, 0) is 44.5 Å². The van der Waals surface area contributed by atoms with E-state index in [0.717, 1.165) is 37.2 Å². The zero-order chi connectivity index (χ0) is 12.3. The molecule has 0 aliphatic carbocycles. The number of hydrogen-bond acceptors (Lipinski definition) is 2. The van der Waals surface area contributed by atoms with E-state index in [1.165, 1.54) is 0 Å². The number of carbonyl (C=O) groups is 1. The summed E-state index contributed by atoms with van der Waals surface area (Å²) in [6, 6.07) is 7.91. The Balaban J connectivity index is 2.08. The van der Waals surface area contributed by atoms with Gasteiger partial charge in [-0.25, -0.2) is 0 Å². The average molecular weight is 232 g/mol. The summed E-state index contributed by atoms with van der Waals surface area (Å²) in [6.45, 7) is 5.93. The van der Waals surface area contributed by atoms with Crippen molar-refractivity contribution in [3.8, 4) is 0 Å². The molecule has 2 N–H and O–H groups in total. The van der Waals surface area contributed by atoms with Crippen molar-refractivity contribution < 1.29 is 4.79 Å². The average Bonchev–Trinajstić information content (AvgIpc) is 2.33.